The number of nitrogens with zero attached hydrogens (tertiary/aromatic N) is 1. The molecule has 0 saturated heterocycles. The summed E-state index contributed by atoms with van der Waals surface area (Å²) in [6, 6.07) is 11.3. The number of nitro benzene ring substituents is 1. The molecule has 0 atom stereocenters. The van der Waals surface area contributed by atoms with Gasteiger partial charge in [-0.25, -0.2) is 0 Å². The van der Waals surface area contributed by atoms with E-state index < -0.39 is 4.92 Å². The molecule has 0 amide bonds. The van der Waals surface area contributed by atoms with Gasteiger partial charge in [0.05, 0.1) is 11.0 Å². The van der Waals surface area contributed by atoms with Crippen LogP contribution in [0.4, 0.5) is 11.4 Å². The van der Waals surface area contributed by atoms with Crippen molar-refractivity contribution in [1.29, 1.82) is 0 Å². The minimum atomic E-state index is -0.481. The van der Waals surface area contributed by atoms with Crippen LogP contribution in [0, 0.1) is 10.1 Å². The molecule has 6 nitrogen and oxygen atoms in total. The van der Waals surface area contributed by atoms with Crippen LogP contribution in [-0.4, -0.2) is 11.0 Å². The molecule has 2 aromatic rings. The molecule has 0 bridgehead atoms. The molecule has 0 fully saturated rings. The van der Waals surface area contributed by atoms with Crippen molar-refractivity contribution in [2.45, 2.75) is 20.0 Å². The van der Waals surface area contributed by atoms with Crippen LogP contribution < -0.4 is 15.2 Å². The molecule has 0 spiro atoms. The third kappa shape index (κ3) is 3.85. The first-order valence-corrected chi connectivity index (χ1v) is 6.44. The van der Waals surface area contributed by atoms with E-state index in [2.05, 4.69) is 0 Å². The van der Waals surface area contributed by atoms with E-state index in [1.807, 2.05) is 0 Å². The molecule has 0 unspecified atom stereocenters. The lowest BCUT2D eigenvalue weighted by molar-refractivity contribution is -0.386. The second kappa shape index (κ2) is 6.13. The number of nitro groups is 1. The van der Waals surface area contributed by atoms with Gasteiger partial charge in [0, 0.05) is 17.8 Å². The summed E-state index contributed by atoms with van der Waals surface area (Å²) in [5.41, 5.74) is 6.15. The monoisotopic (exact) mass is 288 g/mol. The lowest BCUT2D eigenvalue weighted by atomic mass is 10.2. The van der Waals surface area contributed by atoms with E-state index in [1.165, 1.54) is 18.2 Å². The van der Waals surface area contributed by atoms with Gasteiger partial charge in [0.2, 0.25) is 5.75 Å². The average Bonchev–Trinajstić information content (AvgIpc) is 2.40. The highest BCUT2D eigenvalue weighted by molar-refractivity contribution is 5.52. The van der Waals surface area contributed by atoms with E-state index in [9.17, 15) is 10.1 Å². The van der Waals surface area contributed by atoms with Crippen molar-refractivity contribution in [2.24, 2.45) is 0 Å². The van der Waals surface area contributed by atoms with Gasteiger partial charge in [-0.2, -0.15) is 0 Å². The van der Waals surface area contributed by atoms with Crippen LogP contribution in [-0.2, 0) is 0 Å². The van der Waals surface area contributed by atoms with E-state index in [0.717, 1.165) is 0 Å². The average molecular weight is 288 g/mol. The molecule has 0 aliphatic heterocycles. The summed E-state index contributed by atoms with van der Waals surface area (Å²) in [4.78, 5) is 10.5. The van der Waals surface area contributed by atoms with Crippen molar-refractivity contribution >= 4 is 11.4 Å². The lowest BCUT2D eigenvalue weighted by Crippen LogP contribution is -2.07. The molecular weight excluding hydrogens is 272 g/mol. The molecule has 0 aliphatic rings. The first kappa shape index (κ1) is 14.6. The van der Waals surface area contributed by atoms with Crippen LogP contribution in [0.15, 0.2) is 42.5 Å². The van der Waals surface area contributed by atoms with E-state index >= 15 is 0 Å². The van der Waals surface area contributed by atoms with Crippen LogP contribution in [0.5, 0.6) is 17.2 Å². The minimum absolute atomic E-state index is 0.0895. The van der Waals surface area contributed by atoms with Gasteiger partial charge < -0.3 is 15.2 Å². The summed E-state index contributed by atoms with van der Waals surface area (Å²) in [5, 5.41) is 11.0. The molecular formula is C15H16N2O4. The number of ether oxygens (including phenoxy) is 2. The van der Waals surface area contributed by atoms with Crippen molar-refractivity contribution in [2.75, 3.05) is 5.73 Å². The van der Waals surface area contributed by atoms with Gasteiger partial charge >= 0.3 is 5.69 Å². The molecule has 0 heterocycles. The molecule has 0 radical (unpaired) electrons. The van der Waals surface area contributed by atoms with E-state index in [1.54, 1.807) is 38.1 Å². The number of anilines is 1. The normalized spacial score (nSPS) is 10.4. The molecule has 0 saturated carbocycles. The van der Waals surface area contributed by atoms with Gasteiger partial charge in [-0.05, 0) is 44.2 Å². The Kier molecular flexibility index (Phi) is 4.27. The predicted octanol–water partition coefficient (Wildman–Crippen LogP) is 3.76. The largest absolute Gasteiger partial charge is 0.484 e. The maximum atomic E-state index is 11.0. The zero-order chi connectivity index (χ0) is 15.4. The number of nitrogen functional groups attached to an aromatic ring is 1. The smallest absolute Gasteiger partial charge is 0.311 e. The summed E-state index contributed by atoms with van der Waals surface area (Å²) >= 11 is 0. The van der Waals surface area contributed by atoms with Crippen LogP contribution in [0.3, 0.4) is 0 Å². The SMILES string of the molecule is CC(C)Oc1cc(Oc2ccc(N)cc2)ccc1[N+](=O)[O-]. The maximum absolute atomic E-state index is 11.0. The topological polar surface area (TPSA) is 87.6 Å². The van der Waals surface area contributed by atoms with Crippen LogP contribution in [0.1, 0.15) is 13.8 Å². The summed E-state index contributed by atoms with van der Waals surface area (Å²) < 4.78 is 11.1. The van der Waals surface area contributed by atoms with Crippen LogP contribution >= 0.6 is 0 Å². The highest BCUT2D eigenvalue weighted by atomic mass is 16.6. The third-order valence-corrected chi connectivity index (χ3v) is 2.61. The standard InChI is InChI=1S/C15H16N2O4/c1-10(2)20-15-9-13(7-8-14(15)17(18)19)21-12-5-3-11(16)4-6-12/h3-10H,16H2,1-2H3. The van der Waals surface area contributed by atoms with Crippen molar-refractivity contribution in [3.8, 4) is 17.2 Å². The van der Waals surface area contributed by atoms with Gasteiger partial charge in [-0.1, -0.05) is 0 Å². The van der Waals surface area contributed by atoms with E-state index in [0.29, 0.717) is 17.2 Å². The van der Waals surface area contributed by atoms with Gasteiger partial charge in [-0.15, -0.1) is 0 Å². The number of nitrogens with two attached hydrogens (primary N) is 1. The Morgan fingerprint density at radius 3 is 2.29 bits per heavy atom. The molecule has 2 rings (SSSR count). The molecule has 6 heteroatoms. The van der Waals surface area contributed by atoms with Gasteiger partial charge in [0.1, 0.15) is 11.5 Å². The van der Waals surface area contributed by atoms with Gasteiger partial charge in [0.15, 0.2) is 0 Å². The van der Waals surface area contributed by atoms with Crippen molar-refractivity contribution in [3.05, 3.63) is 52.6 Å². The Morgan fingerprint density at radius 2 is 1.71 bits per heavy atom. The maximum Gasteiger partial charge on any atom is 0.311 e. The van der Waals surface area contributed by atoms with Gasteiger partial charge in [-0.3, -0.25) is 10.1 Å². The predicted molar refractivity (Wildman–Crippen MR) is 79.8 cm³/mol. The molecule has 21 heavy (non-hydrogen) atoms. The fraction of sp³-hybridized carbons (Fsp3) is 0.200. The second-order valence-electron chi connectivity index (χ2n) is 4.72. The molecule has 110 valence electrons. The fourth-order valence-corrected chi connectivity index (χ4v) is 1.73. The van der Waals surface area contributed by atoms with Gasteiger partial charge in [0.25, 0.3) is 0 Å². The first-order chi connectivity index (χ1) is 9.95. The number of benzene rings is 2. The molecule has 0 aromatic heterocycles. The Hall–Kier alpha value is -2.76. The Balaban J connectivity index is 2.28. The van der Waals surface area contributed by atoms with Crippen molar-refractivity contribution in [1.82, 2.24) is 0 Å². The third-order valence-electron chi connectivity index (χ3n) is 2.61. The molecule has 2 aromatic carbocycles. The fourth-order valence-electron chi connectivity index (χ4n) is 1.73. The highest BCUT2D eigenvalue weighted by Gasteiger charge is 2.17. The van der Waals surface area contributed by atoms with E-state index in [-0.39, 0.29) is 17.5 Å². The Labute approximate surface area is 122 Å². The number of hydrogen-bond acceptors (Lipinski definition) is 5. The number of hydrogen-bond donors (Lipinski definition) is 1. The summed E-state index contributed by atoms with van der Waals surface area (Å²) in [6.07, 6.45) is -0.171. The summed E-state index contributed by atoms with van der Waals surface area (Å²) in [5.74, 6) is 1.23. The number of rotatable bonds is 5. The summed E-state index contributed by atoms with van der Waals surface area (Å²) in [6.45, 7) is 3.61. The first-order valence-electron chi connectivity index (χ1n) is 6.44. The van der Waals surface area contributed by atoms with Crippen molar-refractivity contribution in [3.63, 3.8) is 0 Å². The van der Waals surface area contributed by atoms with Crippen molar-refractivity contribution < 1.29 is 14.4 Å². The van der Waals surface area contributed by atoms with Crippen LogP contribution in [0.2, 0.25) is 0 Å². The van der Waals surface area contributed by atoms with E-state index in [4.69, 9.17) is 15.2 Å². The minimum Gasteiger partial charge on any atom is -0.484 e. The zero-order valence-corrected chi connectivity index (χ0v) is 11.8. The highest BCUT2D eigenvalue weighted by Crippen LogP contribution is 2.34. The Bertz CT molecular complexity index is 639. The molecule has 2 N–H and O–H groups in total. The summed E-state index contributed by atoms with van der Waals surface area (Å²) in [7, 11) is 0. The Morgan fingerprint density at radius 1 is 1.10 bits per heavy atom. The zero-order valence-electron chi connectivity index (χ0n) is 11.8. The second-order valence-corrected chi connectivity index (χ2v) is 4.72. The quantitative estimate of drug-likeness (QED) is 0.514. The molecule has 0 aliphatic carbocycles. The van der Waals surface area contributed by atoms with Crippen LogP contribution in [0.25, 0.3) is 0 Å². The lowest BCUT2D eigenvalue weighted by Gasteiger charge is -2.12.